The standard InChI is InChI=1S/C18H24N2O2/c1-14-4-5-19-17-13-18(15(2)12-16(14)17)22-9-3-6-20-7-10-21-11-8-20/h4-5,12-13H,3,6-11H2,1-2H3. The predicted molar refractivity (Wildman–Crippen MR) is 88.6 cm³/mol. The Hall–Kier alpha value is -1.65. The van der Waals surface area contributed by atoms with Crippen LogP contribution in [0.1, 0.15) is 17.5 Å². The Kier molecular flexibility index (Phi) is 4.90. The van der Waals surface area contributed by atoms with E-state index < -0.39 is 0 Å². The van der Waals surface area contributed by atoms with Gasteiger partial charge in [-0.2, -0.15) is 0 Å². The van der Waals surface area contributed by atoms with Crippen molar-refractivity contribution in [3.63, 3.8) is 0 Å². The molecular weight excluding hydrogens is 276 g/mol. The zero-order chi connectivity index (χ0) is 15.4. The molecule has 0 unspecified atom stereocenters. The van der Waals surface area contributed by atoms with Crippen LogP contribution in [0, 0.1) is 13.8 Å². The van der Waals surface area contributed by atoms with E-state index in [4.69, 9.17) is 9.47 Å². The first-order valence-corrected chi connectivity index (χ1v) is 8.03. The molecule has 0 N–H and O–H groups in total. The SMILES string of the molecule is Cc1cc2c(C)ccnc2cc1OCCCN1CCOCC1. The Labute approximate surface area is 132 Å². The van der Waals surface area contributed by atoms with Gasteiger partial charge >= 0.3 is 0 Å². The Bertz CT molecular complexity index is 636. The van der Waals surface area contributed by atoms with Crippen molar-refractivity contribution in [3.05, 3.63) is 35.5 Å². The number of morpholine rings is 1. The summed E-state index contributed by atoms with van der Waals surface area (Å²) in [5.41, 5.74) is 3.44. The van der Waals surface area contributed by atoms with Gasteiger partial charge in [-0.1, -0.05) is 0 Å². The van der Waals surface area contributed by atoms with Crippen LogP contribution in [0.15, 0.2) is 24.4 Å². The van der Waals surface area contributed by atoms with Crippen LogP contribution >= 0.6 is 0 Å². The van der Waals surface area contributed by atoms with Gasteiger partial charge in [-0.05, 0) is 43.5 Å². The summed E-state index contributed by atoms with van der Waals surface area (Å²) in [6, 6.07) is 6.28. The second-order valence-corrected chi connectivity index (χ2v) is 5.92. The quantitative estimate of drug-likeness (QED) is 0.795. The number of aromatic nitrogens is 1. The molecule has 0 radical (unpaired) electrons. The highest BCUT2D eigenvalue weighted by atomic mass is 16.5. The lowest BCUT2D eigenvalue weighted by atomic mass is 10.1. The van der Waals surface area contributed by atoms with Crippen LogP contribution in [-0.4, -0.2) is 49.3 Å². The normalized spacial score (nSPS) is 16.1. The van der Waals surface area contributed by atoms with Crippen molar-refractivity contribution < 1.29 is 9.47 Å². The number of hydrogen-bond acceptors (Lipinski definition) is 4. The van der Waals surface area contributed by atoms with E-state index in [9.17, 15) is 0 Å². The molecule has 118 valence electrons. The van der Waals surface area contributed by atoms with E-state index in [1.165, 1.54) is 16.5 Å². The summed E-state index contributed by atoms with van der Waals surface area (Å²) in [7, 11) is 0. The summed E-state index contributed by atoms with van der Waals surface area (Å²) >= 11 is 0. The molecule has 0 spiro atoms. The predicted octanol–water partition coefficient (Wildman–Crippen LogP) is 2.95. The maximum atomic E-state index is 5.98. The lowest BCUT2D eigenvalue weighted by Crippen LogP contribution is -2.37. The Balaban J connectivity index is 1.58. The molecule has 1 fully saturated rings. The molecule has 4 nitrogen and oxygen atoms in total. The number of pyridine rings is 1. The number of benzene rings is 1. The molecule has 2 heterocycles. The Morgan fingerprint density at radius 1 is 1.18 bits per heavy atom. The fourth-order valence-electron chi connectivity index (χ4n) is 2.87. The van der Waals surface area contributed by atoms with Crippen molar-refractivity contribution in [3.8, 4) is 5.75 Å². The maximum absolute atomic E-state index is 5.98. The fourth-order valence-corrected chi connectivity index (χ4v) is 2.87. The number of fused-ring (bicyclic) bond motifs is 1. The van der Waals surface area contributed by atoms with E-state index in [0.29, 0.717) is 0 Å². The lowest BCUT2D eigenvalue weighted by Gasteiger charge is -2.26. The van der Waals surface area contributed by atoms with Gasteiger partial charge in [0, 0.05) is 37.3 Å². The molecule has 0 amide bonds. The number of nitrogens with zero attached hydrogens (tertiary/aromatic N) is 2. The number of ether oxygens (including phenoxy) is 2. The molecule has 3 rings (SSSR count). The second kappa shape index (κ2) is 7.07. The molecule has 1 aliphatic rings. The van der Waals surface area contributed by atoms with Crippen LogP contribution in [0.3, 0.4) is 0 Å². The third-order valence-electron chi connectivity index (χ3n) is 4.24. The highest BCUT2D eigenvalue weighted by Crippen LogP contribution is 2.26. The highest BCUT2D eigenvalue weighted by Gasteiger charge is 2.10. The third-order valence-corrected chi connectivity index (χ3v) is 4.24. The van der Waals surface area contributed by atoms with Crippen LogP contribution in [0.25, 0.3) is 10.9 Å². The van der Waals surface area contributed by atoms with Gasteiger partial charge in [0.2, 0.25) is 0 Å². The van der Waals surface area contributed by atoms with Crippen molar-refractivity contribution >= 4 is 10.9 Å². The summed E-state index contributed by atoms with van der Waals surface area (Å²) < 4.78 is 11.3. The minimum absolute atomic E-state index is 0.746. The molecule has 1 saturated heterocycles. The van der Waals surface area contributed by atoms with E-state index in [2.05, 4.69) is 35.9 Å². The summed E-state index contributed by atoms with van der Waals surface area (Å²) in [5.74, 6) is 0.951. The molecule has 0 atom stereocenters. The monoisotopic (exact) mass is 300 g/mol. The number of rotatable bonds is 5. The van der Waals surface area contributed by atoms with Gasteiger partial charge in [0.1, 0.15) is 5.75 Å². The zero-order valence-electron chi connectivity index (χ0n) is 13.5. The highest BCUT2D eigenvalue weighted by molar-refractivity contribution is 5.84. The third kappa shape index (κ3) is 3.57. The molecule has 0 saturated carbocycles. The van der Waals surface area contributed by atoms with Crippen molar-refractivity contribution in [1.29, 1.82) is 0 Å². The van der Waals surface area contributed by atoms with Crippen molar-refractivity contribution in [1.82, 2.24) is 9.88 Å². The Morgan fingerprint density at radius 2 is 2.00 bits per heavy atom. The van der Waals surface area contributed by atoms with Gasteiger partial charge in [-0.15, -0.1) is 0 Å². The minimum atomic E-state index is 0.746. The number of hydrogen-bond donors (Lipinski definition) is 0. The van der Waals surface area contributed by atoms with Gasteiger partial charge in [-0.3, -0.25) is 9.88 Å². The van der Waals surface area contributed by atoms with Gasteiger partial charge < -0.3 is 9.47 Å². The molecule has 0 aliphatic carbocycles. The first kappa shape index (κ1) is 15.3. The molecular formula is C18H24N2O2. The van der Waals surface area contributed by atoms with E-state index in [0.717, 1.165) is 57.1 Å². The summed E-state index contributed by atoms with van der Waals surface area (Å²) in [5, 5.41) is 1.21. The second-order valence-electron chi connectivity index (χ2n) is 5.92. The van der Waals surface area contributed by atoms with Gasteiger partial charge in [-0.25, -0.2) is 0 Å². The van der Waals surface area contributed by atoms with Crippen molar-refractivity contribution in [2.45, 2.75) is 20.3 Å². The summed E-state index contributed by atoms with van der Waals surface area (Å²) in [6.45, 7) is 9.83. The van der Waals surface area contributed by atoms with Gasteiger partial charge in [0.05, 0.1) is 25.3 Å². The van der Waals surface area contributed by atoms with Crippen molar-refractivity contribution in [2.24, 2.45) is 0 Å². The van der Waals surface area contributed by atoms with Crippen LogP contribution < -0.4 is 4.74 Å². The minimum Gasteiger partial charge on any atom is -0.493 e. The fraction of sp³-hybridized carbons (Fsp3) is 0.500. The van der Waals surface area contributed by atoms with Crippen LogP contribution in [-0.2, 0) is 4.74 Å². The molecule has 2 aromatic rings. The summed E-state index contributed by atoms with van der Waals surface area (Å²) in [4.78, 5) is 6.88. The van der Waals surface area contributed by atoms with E-state index in [-0.39, 0.29) is 0 Å². The first-order chi connectivity index (χ1) is 10.7. The molecule has 4 heteroatoms. The molecule has 1 aliphatic heterocycles. The summed E-state index contributed by atoms with van der Waals surface area (Å²) in [6.07, 6.45) is 2.90. The van der Waals surface area contributed by atoms with Gasteiger partial charge in [0.15, 0.2) is 0 Å². The van der Waals surface area contributed by atoms with Crippen LogP contribution in [0.4, 0.5) is 0 Å². The smallest absolute Gasteiger partial charge is 0.124 e. The van der Waals surface area contributed by atoms with E-state index in [1.807, 2.05) is 12.3 Å². The Morgan fingerprint density at radius 3 is 2.82 bits per heavy atom. The first-order valence-electron chi connectivity index (χ1n) is 8.03. The lowest BCUT2D eigenvalue weighted by molar-refractivity contribution is 0.0358. The average Bonchev–Trinajstić information content (AvgIpc) is 2.54. The zero-order valence-corrected chi connectivity index (χ0v) is 13.5. The van der Waals surface area contributed by atoms with Crippen LogP contribution in [0.2, 0.25) is 0 Å². The molecule has 1 aromatic heterocycles. The maximum Gasteiger partial charge on any atom is 0.124 e. The van der Waals surface area contributed by atoms with Crippen molar-refractivity contribution in [2.75, 3.05) is 39.5 Å². The van der Waals surface area contributed by atoms with E-state index in [1.54, 1.807) is 0 Å². The topological polar surface area (TPSA) is 34.6 Å². The molecule has 22 heavy (non-hydrogen) atoms. The molecule has 0 bridgehead atoms. The average molecular weight is 300 g/mol. The van der Waals surface area contributed by atoms with E-state index >= 15 is 0 Å². The van der Waals surface area contributed by atoms with Crippen LogP contribution in [0.5, 0.6) is 5.75 Å². The number of aryl methyl sites for hydroxylation is 2. The van der Waals surface area contributed by atoms with Gasteiger partial charge in [0.25, 0.3) is 0 Å². The molecule has 1 aromatic carbocycles. The largest absolute Gasteiger partial charge is 0.493 e.